The molecule has 0 saturated heterocycles. The van der Waals surface area contributed by atoms with Crippen molar-refractivity contribution in [3.63, 3.8) is 0 Å². The Labute approximate surface area is 189 Å². The maximum atomic E-state index is 12.3. The molecule has 4 rings (SSSR count). The van der Waals surface area contributed by atoms with Gasteiger partial charge in [0.15, 0.2) is 0 Å². The third-order valence-electron chi connectivity index (χ3n) is 5.55. The molecule has 3 aromatic carbocycles. The Bertz CT molecular complexity index is 1170. The standard InChI is InChI=1S/C27H29N3O2/c1-21-9-5-8-14-25(21)32-20-19-30-24-13-7-6-12-23(24)29-26(30)17-18-28-27(31)16-15-22-10-3-2-4-11-22/h2-14H,15-20H2,1H3,(H,28,31). The van der Waals surface area contributed by atoms with Crippen molar-refractivity contribution >= 4 is 16.9 Å². The van der Waals surface area contributed by atoms with Gasteiger partial charge >= 0.3 is 0 Å². The number of ether oxygens (including phenoxy) is 1. The number of fused-ring (bicyclic) bond motifs is 1. The number of carbonyl (C=O) groups is 1. The largest absolute Gasteiger partial charge is 0.491 e. The number of nitrogens with zero attached hydrogens (tertiary/aromatic N) is 2. The zero-order chi connectivity index (χ0) is 22.2. The van der Waals surface area contributed by atoms with E-state index in [0.29, 0.717) is 32.5 Å². The summed E-state index contributed by atoms with van der Waals surface area (Å²) in [5.41, 5.74) is 4.36. The van der Waals surface area contributed by atoms with Crippen LogP contribution in [0.3, 0.4) is 0 Å². The molecule has 0 spiro atoms. The molecule has 1 heterocycles. The highest BCUT2D eigenvalue weighted by Crippen LogP contribution is 2.19. The van der Waals surface area contributed by atoms with Gasteiger partial charge in [-0.2, -0.15) is 0 Å². The summed E-state index contributed by atoms with van der Waals surface area (Å²) in [6.45, 7) is 3.87. The van der Waals surface area contributed by atoms with E-state index in [1.54, 1.807) is 0 Å². The van der Waals surface area contributed by atoms with E-state index < -0.39 is 0 Å². The van der Waals surface area contributed by atoms with Gasteiger partial charge < -0.3 is 14.6 Å². The Morgan fingerprint density at radius 2 is 1.69 bits per heavy atom. The first-order valence-electron chi connectivity index (χ1n) is 11.1. The Morgan fingerprint density at radius 1 is 0.938 bits per heavy atom. The Hall–Kier alpha value is -3.60. The van der Waals surface area contributed by atoms with Gasteiger partial charge in [0.05, 0.1) is 17.6 Å². The minimum absolute atomic E-state index is 0.0689. The molecule has 1 N–H and O–H groups in total. The number of carbonyl (C=O) groups excluding carboxylic acids is 1. The minimum Gasteiger partial charge on any atom is -0.491 e. The quantitative estimate of drug-likeness (QED) is 0.399. The molecular formula is C27H29N3O2. The van der Waals surface area contributed by atoms with Crippen molar-refractivity contribution in [2.45, 2.75) is 32.7 Å². The number of benzene rings is 3. The van der Waals surface area contributed by atoms with E-state index in [9.17, 15) is 4.79 Å². The molecule has 164 valence electrons. The van der Waals surface area contributed by atoms with Crippen molar-refractivity contribution in [3.05, 3.63) is 95.8 Å². The number of aromatic nitrogens is 2. The summed E-state index contributed by atoms with van der Waals surface area (Å²) in [6, 6.07) is 26.3. The van der Waals surface area contributed by atoms with E-state index in [2.05, 4.69) is 28.1 Å². The van der Waals surface area contributed by atoms with Crippen molar-refractivity contribution in [3.8, 4) is 5.75 Å². The lowest BCUT2D eigenvalue weighted by Gasteiger charge is -2.12. The molecule has 1 aromatic heterocycles. The van der Waals surface area contributed by atoms with Crippen molar-refractivity contribution in [2.24, 2.45) is 0 Å². The van der Waals surface area contributed by atoms with Crippen LogP contribution < -0.4 is 10.1 Å². The van der Waals surface area contributed by atoms with Crippen LogP contribution in [0.15, 0.2) is 78.9 Å². The molecule has 0 aliphatic carbocycles. The van der Waals surface area contributed by atoms with Gasteiger partial charge in [-0.1, -0.05) is 60.7 Å². The average molecular weight is 428 g/mol. The number of imidazole rings is 1. The molecule has 5 nitrogen and oxygen atoms in total. The van der Waals surface area contributed by atoms with Gasteiger partial charge in [-0.3, -0.25) is 4.79 Å². The molecule has 0 aliphatic heterocycles. The summed E-state index contributed by atoms with van der Waals surface area (Å²) in [7, 11) is 0. The van der Waals surface area contributed by atoms with E-state index in [-0.39, 0.29) is 5.91 Å². The summed E-state index contributed by atoms with van der Waals surface area (Å²) in [5.74, 6) is 1.94. The van der Waals surface area contributed by atoms with Crippen LogP contribution in [0.4, 0.5) is 0 Å². The molecule has 0 fully saturated rings. The Balaban J connectivity index is 1.34. The molecule has 0 atom stereocenters. The van der Waals surface area contributed by atoms with E-state index in [4.69, 9.17) is 9.72 Å². The van der Waals surface area contributed by atoms with E-state index >= 15 is 0 Å². The van der Waals surface area contributed by atoms with Crippen LogP contribution in [-0.2, 0) is 24.2 Å². The zero-order valence-electron chi connectivity index (χ0n) is 18.5. The molecular weight excluding hydrogens is 398 g/mol. The molecule has 1 amide bonds. The van der Waals surface area contributed by atoms with Crippen LogP contribution in [0.2, 0.25) is 0 Å². The normalized spacial score (nSPS) is 10.9. The Morgan fingerprint density at radius 3 is 2.53 bits per heavy atom. The summed E-state index contributed by atoms with van der Waals surface area (Å²) in [5, 5.41) is 3.04. The van der Waals surface area contributed by atoms with Crippen molar-refractivity contribution in [2.75, 3.05) is 13.2 Å². The molecule has 0 saturated carbocycles. The smallest absolute Gasteiger partial charge is 0.220 e. The predicted octanol–water partition coefficient (Wildman–Crippen LogP) is 4.72. The number of rotatable bonds is 10. The van der Waals surface area contributed by atoms with Gasteiger partial charge in [0.1, 0.15) is 18.2 Å². The topological polar surface area (TPSA) is 56.1 Å². The van der Waals surface area contributed by atoms with Gasteiger partial charge in [0.25, 0.3) is 0 Å². The fourth-order valence-corrected chi connectivity index (χ4v) is 3.84. The molecule has 0 radical (unpaired) electrons. The first kappa shape index (κ1) is 21.6. The van der Waals surface area contributed by atoms with Gasteiger partial charge in [0, 0.05) is 19.4 Å². The SMILES string of the molecule is Cc1ccccc1OCCn1c(CCNC(=O)CCc2ccccc2)nc2ccccc21. The average Bonchev–Trinajstić information content (AvgIpc) is 3.17. The van der Waals surface area contributed by atoms with Crippen molar-refractivity contribution in [1.82, 2.24) is 14.9 Å². The second-order valence-electron chi connectivity index (χ2n) is 7.87. The maximum Gasteiger partial charge on any atom is 0.220 e. The maximum absolute atomic E-state index is 12.3. The molecule has 5 heteroatoms. The molecule has 0 bridgehead atoms. The summed E-state index contributed by atoms with van der Waals surface area (Å²) >= 11 is 0. The number of amides is 1. The lowest BCUT2D eigenvalue weighted by Crippen LogP contribution is -2.27. The van der Waals surface area contributed by atoms with E-state index in [1.165, 1.54) is 5.56 Å². The third kappa shape index (κ3) is 5.55. The van der Waals surface area contributed by atoms with Gasteiger partial charge in [-0.15, -0.1) is 0 Å². The number of nitrogens with one attached hydrogen (secondary N) is 1. The van der Waals surface area contributed by atoms with Crippen LogP contribution in [0.5, 0.6) is 5.75 Å². The lowest BCUT2D eigenvalue weighted by molar-refractivity contribution is -0.121. The first-order chi connectivity index (χ1) is 15.7. The molecule has 0 aliphatic rings. The van der Waals surface area contributed by atoms with Crippen LogP contribution in [0.25, 0.3) is 11.0 Å². The zero-order valence-corrected chi connectivity index (χ0v) is 18.5. The fraction of sp³-hybridized carbons (Fsp3) is 0.259. The van der Waals surface area contributed by atoms with Crippen molar-refractivity contribution in [1.29, 1.82) is 0 Å². The number of para-hydroxylation sites is 3. The van der Waals surface area contributed by atoms with E-state index in [0.717, 1.165) is 34.6 Å². The molecule has 32 heavy (non-hydrogen) atoms. The van der Waals surface area contributed by atoms with Crippen LogP contribution in [-0.4, -0.2) is 28.6 Å². The highest BCUT2D eigenvalue weighted by Gasteiger charge is 2.11. The Kier molecular flexibility index (Phi) is 7.18. The van der Waals surface area contributed by atoms with E-state index in [1.807, 2.05) is 67.6 Å². The highest BCUT2D eigenvalue weighted by atomic mass is 16.5. The van der Waals surface area contributed by atoms with Gasteiger partial charge in [0.2, 0.25) is 5.91 Å². The highest BCUT2D eigenvalue weighted by molar-refractivity contribution is 5.77. The second kappa shape index (κ2) is 10.6. The minimum atomic E-state index is 0.0689. The molecule has 0 unspecified atom stereocenters. The monoisotopic (exact) mass is 427 g/mol. The summed E-state index contributed by atoms with van der Waals surface area (Å²) < 4.78 is 8.21. The number of hydrogen-bond donors (Lipinski definition) is 1. The number of hydrogen-bond acceptors (Lipinski definition) is 3. The predicted molar refractivity (Wildman–Crippen MR) is 128 cm³/mol. The van der Waals surface area contributed by atoms with Gasteiger partial charge in [-0.25, -0.2) is 4.98 Å². The van der Waals surface area contributed by atoms with Crippen molar-refractivity contribution < 1.29 is 9.53 Å². The van der Waals surface area contributed by atoms with Gasteiger partial charge in [-0.05, 0) is 42.7 Å². The fourth-order valence-electron chi connectivity index (χ4n) is 3.84. The van der Waals surface area contributed by atoms with Crippen LogP contribution >= 0.6 is 0 Å². The molecule has 4 aromatic rings. The first-order valence-corrected chi connectivity index (χ1v) is 11.1. The lowest BCUT2D eigenvalue weighted by atomic mass is 10.1. The third-order valence-corrected chi connectivity index (χ3v) is 5.55. The van der Waals surface area contributed by atoms with Crippen LogP contribution in [0, 0.1) is 6.92 Å². The summed E-state index contributed by atoms with van der Waals surface area (Å²) in [6.07, 6.45) is 1.92. The number of aryl methyl sites for hydroxylation is 2. The second-order valence-corrected chi connectivity index (χ2v) is 7.87. The van der Waals surface area contributed by atoms with Crippen LogP contribution in [0.1, 0.15) is 23.4 Å². The summed E-state index contributed by atoms with van der Waals surface area (Å²) in [4.78, 5) is 17.1.